The van der Waals surface area contributed by atoms with Crippen molar-refractivity contribution in [3.63, 3.8) is 0 Å². The summed E-state index contributed by atoms with van der Waals surface area (Å²) in [5, 5.41) is 9.79. The summed E-state index contributed by atoms with van der Waals surface area (Å²) in [6, 6.07) is 0. The summed E-state index contributed by atoms with van der Waals surface area (Å²) in [6.45, 7) is 6.56. The molecule has 1 saturated heterocycles. The highest BCUT2D eigenvalue weighted by Crippen LogP contribution is 2.35. The maximum absolute atomic E-state index is 11.9. The average molecular weight is 333 g/mol. The van der Waals surface area contributed by atoms with Crippen LogP contribution in [0.1, 0.15) is 44.5 Å². The Labute approximate surface area is 143 Å². The molecule has 0 amide bonds. The van der Waals surface area contributed by atoms with E-state index in [-0.39, 0.29) is 0 Å². The number of hydrogen-bond acceptors (Lipinski definition) is 5. The fourth-order valence-corrected chi connectivity index (χ4v) is 3.12. The summed E-state index contributed by atoms with van der Waals surface area (Å²) >= 11 is 0. The van der Waals surface area contributed by atoms with E-state index in [1.807, 2.05) is 19.9 Å². The number of methoxy groups -OCH3 is 1. The van der Waals surface area contributed by atoms with E-state index in [4.69, 9.17) is 4.74 Å². The van der Waals surface area contributed by atoms with Crippen LogP contribution in [-0.2, 0) is 22.7 Å². The third-order valence-electron chi connectivity index (χ3n) is 4.45. The van der Waals surface area contributed by atoms with Gasteiger partial charge in [0.15, 0.2) is 5.82 Å². The molecule has 2 heterocycles. The molecule has 1 aliphatic heterocycles. The van der Waals surface area contributed by atoms with Gasteiger partial charge in [0.1, 0.15) is 6.61 Å². The molecule has 0 aromatic carbocycles. The molecule has 6 heteroatoms. The molecule has 1 aliphatic rings. The number of hydrogen-bond donors (Lipinski definition) is 1. The Morgan fingerprint density at radius 1 is 1.42 bits per heavy atom. The summed E-state index contributed by atoms with van der Waals surface area (Å²) < 4.78 is 5.01. The van der Waals surface area contributed by atoms with Crippen molar-refractivity contribution in [3.05, 3.63) is 35.4 Å². The minimum absolute atomic E-state index is 0.398. The van der Waals surface area contributed by atoms with Gasteiger partial charge in [0, 0.05) is 38.2 Å². The Morgan fingerprint density at radius 3 is 2.71 bits per heavy atom. The largest absolute Gasteiger partial charge is 0.481 e. The monoisotopic (exact) mass is 333 g/mol. The second-order valence-corrected chi connectivity index (χ2v) is 6.83. The van der Waals surface area contributed by atoms with Gasteiger partial charge in [-0.1, -0.05) is 11.6 Å². The summed E-state index contributed by atoms with van der Waals surface area (Å²) in [4.78, 5) is 22.7. The topological polar surface area (TPSA) is 75.5 Å². The lowest BCUT2D eigenvalue weighted by Gasteiger charge is -2.39. The standard InChI is InChI=1S/C18H27N3O3/c1-14(2)5-7-18(17(22)23)6-4-8-21(13-18)11-15-9-19-16(12-24-3)20-10-15/h5,9-10H,4,6-8,11-13H2,1-3H3,(H,22,23). The van der Waals surface area contributed by atoms with Gasteiger partial charge in [0.05, 0.1) is 5.41 Å². The molecule has 2 rings (SSSR count). The van der Waals surface area contributed by atoms with Crippen molar-refractivity contribution in [3.8, 4) is 0 Å². The molecule has 1 unspecified atom stereocenters. The number of ether oxygens (including phenoxy) is 1. The van der Waals surface area contributed by atoms with E-state index in [1.165, 1.54) is 0 Å². The first kappa shape index (κ1) is 18.5. The molecule has 0 aliphatic carbocycles. The predicted molar refractivity (Wildman–Crippen MR) is 91.4 cm³/mol. The van der Waals surface area contributed by atoms with E-state index >= 15 is 0 Å². The maximum Gasteiger partial charge on any atom is 0.311 e. The molecule has 0 spiro atoms. The number of piperidine rings is 1. The van der Waals surface area contributed by atoms with Crippen molar-refractivity contribution < 1.29 is 14.6 Å². The van der Waals surface area contributed by atoms with E-state index in [0.29, 0.717) is 31.9 Å². The van der Waals surface area contributed by atoms with Crippen molar-refractivity contribution in [2.75, 3.05) is 20.2 Å². The van der Waals surface area contributed by atoms with Crippen LogP contribution in [0.4, 0.5) is 0 Å². The molecular weight excluding hydrogens is 306 g/mol. The van der Waals surface area contributed by atoms with E-state index in [1.54, 1.807) is 19.5 Å². The molecule has 1 atom stereocenters. The summed E-state index contributed by atoms with van der Waals surface area (Å²) in [7, 11) is 1.61. The molecule has 1 aromatic rings. The zero-order chi connectivity index (χ0) is 17.6. The number of carboxylic acids is 1. The Morgan fingerprint density at radius 2 is 2.12 bits per heavy atom. The Hall–Kier alpha value is -1.79. The number of carbonyl (C=O) groups is 1. The van der Waals surface area contributed by atoms with Crippen LogP contribution in [0.2, 0.25) is 0 Å². The lowest BCUT2D eigenvalue weighted by molar-refractivity contribution is -0.152. The molecule has 0 saturated carbocycles. The van der Waals surface area contributed by atoms with Crippen molar-refractivity contribution in [2.24, 2.45) is 5.41 Å². The number of aliphatic carboxylic acids is 1. The minimum atomic E-state index is -0.698. The maximum atomic E-state index is 11.9. The zero-order valence-electron chi connectivity index (χ0n) is 14.8. The number of likely N-dealkylation sites (tertiary alicyclic amines) is 1. The van der Waals surface area contributed by atoms with Crippen LogP contribution >= 0.6 is 0 Å². The Bertz CT molecular complexity index is 582. The first-order valence-electron chi connectivity index (χ1n) is 8.33. The fourth-order valence-electron chi connectivity index (χ4n) is 3.12. The number of allylic oxidation sites excluding steroid dienone is 2. The number of carboxylic acid groups (broad SMARTS) is 1. The van der Waals surface area contributed by atoms with Gasteiger partial charge in [0.25, 0.3) is 0 Å². The number of nitrogens with zero attached hydrogens (tertiary/aromatic N) is 3. The minimum Gasteiger partial charge on any atom is -0.481 e. The summed E-state index contributed by atoms with van der Waals surface area (Å²) in [5.41, 5.74) is 1.47. The average Bonchev–Trinajstić information content (AvgIpc) is 2.55. The lowest BCUT2D eigenvalue weighted by atomic mass is 9.76. The van der Waals surface area contributed by atoms with Crippen molar-refractivity contribution in [1.29, 1.82) is 0 Å². The van der Waals surface area contributed by atoms with Crippen LogP contribution in [0.15, 0.2) is 24.0 Å². The highest BCUT2D eigenvalue weighted by Gasteiger charge is 2.41. The molecular formula is C18H27N3O3. The Kier molecular flexibility index (Phi) is 6.45. The van der Waals surface area contributed by atoms with Crippen LogP contribution in [0.25, 0.3) is 0 Å². The predicted octanol–water partition coefficient (Wildman–Crippen LogP) is 2.65. The molecule has 1 aromatic heterocycles. The van der Waals surface area contributed by atoms with Gasteiger partial charge >= 0.3 is 5.97 Å². The van der Waals surface area contributed by atoms with Crippen LogP contribution < -0.4 is 0 Å². The van der Waals surface area contributed by atoms with Crippen molar-refractivity contribution >= 4 is 5.97 Å². The van der Waals surface area contributed by atoms with Gasteiger partial charge in [-0.05, 0) is 39.7 Å². The highest BCUT2D eigenvalue weighted by molar-refractivity contribution is 5.75. The van der Waals surface area contributed by atoms with Gasteiger partial charge < -0.3 is 9.84 Å². The molecule has 1 N–H and O–H groups in total. The molecule has 0 radical (unpaired) electrons. The SMILES string of the molecule is COCc1ncc(CN2CCCC(CC=C(C)C)(C(=O)O)C2)cn1. The quantitative estimate of drug-likeness (QED) is 0.773. The van der Waals surface area contributed by atoms with Gasteiger partial charge in [-0.2, -0.15) is 0 Å². The van der Waals surface area contributed by atoms with Gasteiger partial charge in [0.2, 0.25) is 0 Å². The van der Waals surface area contributed by atoms with Crippen LogP contribution in [0, 0.1) is 5.41 Å². The third kappa shape index (κ3) is 4.85. The fraction of sp³-hybridized carbons (Fsp3) is 0.611. The second kappa shape index (κ2) is 8.35. The summed E-state index contributed by atoms with van der Waals surface area (Å²) in [5.74, 6) is -0.0419. The Balaban J connectivity index is 2.05. The molecule has 1 fully saturated rings. The molecule has 24 heavy (non-hydrogen) atoms. The normalized spacial score (nSPS) is 21.5. The van der Waals surface area contributed by atoms with E-state index in [0.717, 1.165) is 30.5 Å². The van der Waals surface area contributed by atoms with Crippen LogP contribution in [0.5, 0.6) is 0 Å². The van der Waals surface area contributed by atoms with Crippen molar-refractivity contribution in [2.45, 2.75) is 46.3 Å². The first-order valence-corrected chi connectivity index (χ1v) is 8.33. The summed E-state index contributed by atoms with van der Waals surface area (Å²) in [6.07, 6.45) is 7.85. The smallest absolute Gasteiger partial charge is 0.311 e. The first-order chi connectivity index (χ1) is 11.4. The van der Waals surface area contributed by atoms with Gasteiger partial charge in [-0.3, -0.25) is 9.69 Å². The molecule has 6 nitrogen and oxygen atoms in total. The molecule has 0 bridgehead atoms. The van der Waals surface area contributed by atoms with Crippen LogP contribution in [0.3, 0.4) is 0 Å². The van der Waals surface area contributed by atoms with Gasteiger partial charge in [-0.15, -0.1) is 0 Å². The highest BCUT2D eigenvalue weighted by atomic mass is 16.5. The molecule has 132 valence electrons. The lowest BCUT2D eigenvalue weighted by Crippen LogP contribution is -2.47. The third-order valence-corrected chi connectivity index (χ3v) is 4.45. The van der Waals surface area contributed by atoms with Gasteiger partial charge in [-0.25, -0.2) is 9.97 Å². The number of aromatic nitrogens is 2. The van der Waals surface area contributed by atoms with E-state index in [2.05, 4.69) is 14.9 Å². The van der Waals surface area contributed by atoms with Crippen molar-refractivity contribution in [1.82, 2.24) is 14.9 Å². The van der Waals surface area contributed by atoms with Crippen LogP contribution in [-0.4, -0.2) is 46.1 Å². The zero-order valence-corrected chi connectivity index (χ0v) is 14.8. The number of rotatable bonds is 7. The second-order valence-electron chi connectivity index (χ2n) is 6.83. The van der Waals surface area contributed by atoms with E-state index < -0.39 is 11.4 Å². The van der Waals surface area contributed by atoms with E-state index in [9.17, 15) is 9.90 Å².